The minimum atomic E-state index is -0.120. The second-order valence-electron chi connectivity index (χ2n) is 2.62. The van der Waals surface area contributed by atoms with Gasteiger partial charge in [-0.1, -0.05) is 37.9 Å². The Morgan fingerprint density at radius 1 is 1.00 bits per heavy atom. The van der Waals surface area contributed by atoms with E-state index in [-0.39, 0.29) is 7.27 Å². The zero-order valence-electron chi connectivity index (χ0n) is 7.07. The first-order chi connectivity index (χ1) is 4.81. The molecule has 0 amide bonds. The van der Waals surface area contributed by atoms with Crippen LogP contribution in [0.1, 0.15) is 39.5 Å². The van der Waals surface area contributed by atoms with Gasteiger partial charge in [0.05, 0.1) is 0 Å². The molecule has 0 saturated heterocycles. The molecule has 0 rings (SSSR count). The quantitative estimate of drug-likeness (QED) is 0.537. The lowest BCUT2D eigenvalue weighted by atomic mass is 10.4. The van der Waals surface area contributed by atoms with Gasteiger partial charge in [0.25, 0.3) is 0 Å². The highest BCUT2D eigenvalue weighted by molar-refractivity contribution is 7.83. The SMILES string of the molecule is CCCCP(Cl)CCCC. The van der Waals surface area contributed by atoms with Gasteiger partial charge >= 0.3 is 0 Å². The molecule has 0 unspecified atom stereocenters. The fourth-order valence-electron chi connectivity index (χ4n) is 0.771. The molecular formula is C8H18ClP. The van der Waals surface area contributed by atoms with Gasteiger partial charge in [-0.3, -0.25) is 0 Å². The van der Waals surface area contributed by atoms with Crippen LogP contribution >= 0.6 is 18.5 Å². The summed E-state index contributed by atoms with van der Waals surface area (Å²) in [7, 11) is -0.120. The van der Waals surface area contributed by atoms with Crippen molar-refractivity contribution in [2.24, 2.45) is 0 Å². The Hall–Kier alpha value is 0.720. The number of rotatable bonds is 6. The monoisotopic (exact) mass is 180 g/mol. The van der Waals surface area contributed by atoms with Crippen molar-refractivity contribution in [2.45, 2.75) is 39.5 Å². The molecule has 0 fully saturated rings. The van der Waals surface area contributed by atoms with Crippen LogP contribution in [0.4, 0.5) is 0 Å². The maximum absolute atomic E-state index is 6.10. The van der Waals surface area contributed by atoms with Crippen LogP contribution in [0, 0.1) is 0 Å². The molecule has 0 N–H and O–H groups in total. The topological polar surface area (TPSA) is 0 Å². The van der Waals surface area contributed by atoms with Gasteiger partial charge in [-0.25, -0.2) is 0 Å². The molecule has 0 atom stereocenters. The first-order valence-corrected chi connectivity index (χ1v) is 6.83. The molecule has 2 heteroatoms. The Labute approximate surface area is 70.9 Å². The minimum Gasteiger partial charge on any atom is -0.0964 e. The van der Waals surface area contributed by atoms with Gasteiger partial charge in [0.1, 0.15) is 0 Å². The molecule has 0 aliphatic heterocycles. The molecule has 0 nitrogen and oxygen atoms in total. The largest absolute Gasteiger partial charge is 0.0964 e. The van der Waals surface area contributed by atoms with Crippen LogP contribution in [0.25, 0.3) is 0 Å². The second kappa shape index (κ2) is 7.82. The van der Waals surface area contributed by atoms with Gasteiger partial charge < -0.3 is 0 Å². The highest BCUT2D eigenvalue weighted by atomic mass is 35.7. The van der Waals surface area contributed by atoms with Crippen LogP contribution in [0.15, 0.2) is 0 Å². The molecule has 62 valence electrons. The molecule has 0 aliphatic rings. The Bertz CT molecular complexity index is 58.3. The second-order valence-corrected chi connectivity index (χ2v) is 5.87. The van der Waals surface area contributed by atoms with Gasteiger partial charge in [0.2, 0.25) is 0 Å². The van der Waals surface area contributed by atoms with Gasteiger partial charge in [-0.2, -0.15) is 0 Å². The fourth-order valence-corrected chi connectivity index (χ4v) is 3.03. The van der Waals surface area contributed by atoms with E-state index in [0.29, 0.717) is 0 Å². The molecule has 0 bridgehead atoms. The molecule has 10 heavy (non-hydrogen) atoms. The van der Waals surface area contributed by atoms with E-state index in [9.17, 15) is 0 Å². The van der Waals surface area contributed by atoms with Crippen molar-refractivity contribution >= 4 is 18.5 Å². The molecule has 0 spiro atoms. The third-order valence-electron chi connectivity index (χ3n) is 1.51. The summed E-state index contributed by atoms with van der Waals surface area (Å²) in [6, 6.07) is 0. The van der Waals surface area contributed by atoms with Gasteiger partial charge in [-0.05, 0) is 32.4 Å². The summed E-state index contributed by atoms with van der Waals surface area (Å²) in [5.74, 6) is 0. The zero-order valence-corrected chi connectivity index (χ0v) is 8.72. The van der Waals surface area contributed by atoms with E-state index >= 15 is 0 Å². The lowest BCUT2D eigenvalue weighted by Crippen LogP contribution is -1.84. The van der Waals surface area contributed by atoms with Gasteiger partial charge in [0.15, 0.2) is 0 Å². The average molecular weight is 181 g/mol. The maximum Gasteiger partial charge on any atom is -0.00974 e. The predicted molar refractivity (Wildman–Crippen MR) is 52.3 cm³/mol. The van der Waals surface area contributed by atoms with Crippen molar-refractivity contribution in [3.8, 4) is 0 Å². The van der Waals surface area contributed by atoms with E-state index < -0.39 is 0 Å². The summed E-state index contributed by atoms with van der Waals surface area (Å²) in [5.41, 5.74) is 0. The van der Waals surface area contributed by atoms with Crippen molar-refractivity contribution in [1.29, 1.82) is 0 Å². The van der Waals surface area contributed by atoms with Gasteiger partial charge in [0, 0.05) is 0 Å². The van der Waals surface area contributed by atoms with Crippen molar-refractivity contribution in [3.05, 3.63) is 0 Å². The summed E-state index contributed by atoms with van der Waals surface area (Å²) >= 11 is 6.10. The molecule has 0 aromatic heterocycles. The lowest BCUT2D eigenvalue weighted by Gasteiger charge is -2.06. The average Bonchev–Trinajstić information content (AvgIpc) is 1.97. The summed E-state index contributed by atoms with van der Waals surface area (Å²) in [4.78, 5) is 0. The van der Waals surface area contributed by atoms with Crippen LogP contribution in [0.2, 0.25) is 0 Å². The van der Waals surface area contributed by atoms with E-state index in [0.717, 1.165) is 0 Å². The van der Waals surface area contributed by atoms with E-state index in [4.69, 9.17) is 11.2 Å². The lowest BCUT2D eigenvalue weighted by molar-refractivity contribution is 0.872. The van der Waals surface area contributed by atoms with E-state index in [1.165, 1.54) is 38.0 Å². The van der Waals surface area contributed by atoms with E-state index in [1.807, 2.05) is 0 Å². The van der Waals surface area contributed by atoms with Crippen molar-refractivity contribution in [2.75, 3.05) is 12.3 Å². The molecule has 0 radical (unpaired) electrons. The summed E-state index contributed by atoms with van der Waals surface area (Å²) < 4.78 is 0. The first-order valence-electron chi connectivity index (χ1n) is 4.22. The van der Waals surface area contributed by atoms with Crippen LogP contribution in [0.3, 0.4) is 0 Å². The number of hydrogen-bond donors (Lipinski definition) is 0. The third kappa shape index (κ3) is 6.83. The molecule has 0 aromatic rings. The van der Waals surface area contributed by atoms with E-state index in [1.54, 1.807) is 0 Å². The summed E-state index contributed by atoms with van der Waals surface area (Å²) in [6.07, 6.45) is 7.76. The first kappa shape index (κ1) is 10.7. The predicted octanol–water partition coefficient (Wildman–Crippen LogP) is 4.22. The van der Waals surface area contributed by atoms with Crippen molar-refractivity contribution in [1.82, 2.24) is 0 Å². The van der Waals surface area contributed by atoms with Crippen LogP contribution < -0.4 is 0 Å². The van der Waals surface area contributed by atoms with Crippen molar-refractivity contribution in [3.63, 3.8) is 0 Å². The molecule has 0 aromatic carbocycles. The normalized spacial score (nSPS) is 10.8. The highest BCUT2D eigenvalue weighted by Crippen LogP contribution is 2.42. The summed E-state index contributed by atoms with van der Waals surface area (Å²) in [5, 5.41) is 0. The molecule has 0 aliphatic carbocycles. The minimum absolute atomic E-state index is 0.120. The van der Waals surface area contributed by atoms with Crippen LogP contribution in [-0.4, -0.2) is 12.3 Å². The van der Waals surface area contributed by atoms with Crippen molar-refractivity contribution < 1.29 is 0 Å². The Morgan fingerprint density at radius 3 is 1.70 bits per heavy atom. The molecule has 0 heterocycles. The Balaban J connectivity index is 3.00. The number of unbranched alkanes of at least 4 members (excludes halogenated alkanes) is 2. The van der Waals surface area contributed by atoms with Gasteiger partial charge in [-0.15, -0.1) is 0 Å². The smallest absolute Gasteiger partial charge is 0.00974 e. The Morgan fingerprint density at radius 2 is 1.40 bits per heavy atom. The molecule has 0 saturated carbocycles. The fraction of sp³-hybridized carbons (Fsp3) is 1.00. The standard InChI is InChI=1S/C8H18ClP/c1-3-5-7-10(9)8-6-4-2/h3-8H2,1-2H3. The Kier molecular flexibility index (Phi) is 8.39. The van der Waals surface area contributed by atoms with E-state index in [2.05, 4.69) is 13.8 Å². The van der Waals surface area contributed by atoms with Crippen LogP contribution in [0.5, 0.6) is 0 Å². The maximum atomic E-state index is 6.10. The number of halogens is 1. The molecular weight excluding hydrogens is 163 g/mol. The number of hydrogen-bond acceptors (Lipinski definition) is 0. The van der Waals surface area contributed by atoms with Crippen LogP contribution in [-0.2, 0) is 0 Å². The highest BCUT2D eigenvalue weighted by Gasteiger charge is 2.00. The third-order valence-corrected chi connectivity index (χ3v) is 4.13. The summed E-state index contributed by atoms with van der Waals surface area (Å²) in [6.45, 7) is 4.44. The zero-order chi connectivity index (χ0) is 7.82.